The number of carbonyl (C=O) groups excluding carboxylic acids is 3. The van der Waals surface area contributed by atoms with Gasteiger partial charge in [0.25, 0.3) is 0 Å². The minimum absolute atomic E-state index is 0.0944. The van der Waals surface area contributed by atoms with Crippen molar-refractivity contribution in [3.63, 3.8) is 0 Å². The Bertz CT molecular complexity index is 950. The van der Waals surface area contributed by atoms with E-state index in [-0.39, 0.29) is 25.0 Å². The molecule has 1 heterocycles. The average Bonchev–Trinajstić information content (AvgIpc) is 2.91. The van der Waals surface area contributed by atoms with Crippen LogP contribution in [0.4, 0.5) is 0 Å². The summed E-state index contributed by atoms with van der Waals surface area (Å²) in [6.45, 7) is 1.76. The van der Waals surface area contributed by atoms with Gasteiger partial charge in [0.1, 0.15) is 6.04 Å². The van der Waals surface area contributed by atoms with Gasteiger partial charge in [0, 0.05) is 29.7 Å². The van der Waals surface area contributed by atoms with Gasteiger partial charge in [-0.25, -0.2) is 4.79 Å². The molecule has 0 aliphatic rings. The van der Waals surface area contributed by atoms with Gasteiger partial charge in [-0.15, -0.1) is 0 Å². The average molecular weight is 420 g/mol. The number of aryl methyl sites for hydroxylation is 1. The zero-order valence-corrected chi connectivity index (χ0v) is 16.8. The van der Waals surface area contributed by atoms with Gasteiger partial charge in [0.2, 0.25) is 17.6 Å². The van der Waals surface area contributed by atoms with E-state index < -0.39 is 23.8 Å². The standard InChI is InChI=1S/C20H22ClN3O5/c1-11-9-14(10-17(26)23-15(20(28)29)7-8-16(22)25)24(2)18(11)19(27)12-3-5-13(21)6-4-12/h3-6,9,15H,7-8,10H2,1-2H3,(H2,22,25)(H,23,26)(H,28,29). The second-order valence-corrected chi connectivity index (χ2v) is 7.14. The van der Waals surface area contributed by atoms with Crippen molar-refractivity contribution in [3.8, 4) is 0 Å². The maximum atomic E-state index is 12.8. The fourth-order valence-corrected chi connectivity index (χ4v) is 3.14. The van der Waals surface area contributed by atoms with Crippen molar-refractivity contribution in [1.82, 2.24) is 9.88 Å². The first-order chi connectivity index (χ1) is 13.6. The van der Waals surface area contributed by atoms with E-state index in [1.807, 2.05) is 0 Å². The van der Waals surface area contributed by atoms with E-state index in [0.29, 0.717) is 27.5 Å². The van der Waals surface area contributed by atoms with Crippen LogP contribution in [0.5, 0.6) is 0 Å². The summed E-state index contributed by atoms with van der Waals surface area (Å²) in [5, 5.41) is 12.1. The smallest absolute Gasteiger partial charge is 0.326 e. The molecule has 154 valence electrons. The van der Waals surface area contributed by atoms with E-state index >= 15 is 0 Å². The van der Waals surface area contributed by atoms with E-state index in [4.69, 9.17) is 17.3 Å². The fraction of sp³-hybridized carbons (Fsp3) is 0.300. The minimum atomic E-state index is -1.25. The first-order valence-electron chi connectivity index (χ1n) is 8.86. The number of ketones is 1. The molecule has 0 spiro atoms. The van der Waals surface area contributed by atoms with Crippen molar-refractivity contribution in [2.75, 3.05) is 0 Å². The molecule has 0 saturated heterocycles. The van der Waals surface area contributed by atoms with Gasteiger partial charge in [-0.05, 0) is 49.2 Å². The Hall–Kier alpha value is -3.13. The monoisotopic (exact) mass is 419 g/mol. The molecule has 0 saturated carbocycles. The molecule has 1 unspecified atom stereocenters. The van der Waals surface area contributed by atoms with Crippen LogP contribution in [0.25, 0.3) is 0 Å². The molecular formula is C20H22ClN3O5. The summed E-state index contributed by atoms with van der Waals surface area (Å²) < 4.78 is 1.62. The number of benzene rings is 1. The second kappa shape index (κ2) is 9.38. The number of halogens is 1. The number of carbonyl (C=O) groups is 4. The van der Waals surface area contributed by atoms with E-state index in [1.165, 1.54) is 0 Å². The molecule has 0 aliphatic carbocycles. The van der Waals surface area contributed by atoms with Crippen molar-refractivity contribution < 1.29 is 24.3 Å². The predicted octanol–water partition coefficient (Wildman–Crippen LogP) is 1.60. The van der Waals surface area contributed by atoms with Crippen molar-refractivity contribution in [3.05, 3.63) is 57.9 Å². The Morgan fingerprint density at radius 1 is 1.21 bits per heavy atom. The molecule has 8 nitrogen and oxygen atoms in total. The van der Waals surface area contributed by atoms with E-state index in [0.717, 1.165) is 0 Å². The summed E-state index contributed by atoms with van der Waals surface area (Å²) in [5.74, 6) is -2.64. The van der Waals surface area contributed by atoms with Crippen molar-refractivity contribution in [2.24, 2.45) is 12.8 Å². The van der Waals surface area contributed by atoms with E-state index in [9.17, 15) is 24.3 Å². The normalized spacial score (nSPS) is 11.7. The third kappa shape index (κ3) is 5.68. The quantitative estimate of drug-likeness (QED) is 0.531. The molecule has 1 aromatic heterocycles. The number of nitrogens with one attached hydrogen (secondary N) is 1. The molecular weight excluding hydrogens is 398 g/mol. The van der Waals surface area contributed by atoms with Crippen molar-refractivity contribution in [1.29, 1.82) is 0 Å². The second-order valence-electron chi connectivity index (χ2n) is 6.70. The van der Waals surface area contributed by atoms with Crippen LogP contribution >= 0.6 is 11.6 Å². The lowest BCUT2D eigenvalue weighted by molar-refractivity contribution is -0.142. The molecule has 2 aromatic rings. The predicted molar refractivity (Wildman–Crippen MR) is 107 cm³/mol. The first-order valence-corrected chi connectivity index (χ1v) is 9.24. The molecule has 0 fully saturated rings. The molecule has 1 aromatic carbocycles. The number of hydrogen-bond donors (Lipinski definition) is 3. The van der Waals surface area contributed by atoms with Gasteiger partial charge in [-0.2, -0.15) is 0 Å². The number of nitrogens with zero attached hydrogens (tertiary/aromatic N) is 1. The van der Waals surface area contributed by atoms with Crippen molar-refractivity contribution in [2.45, 2.75) is 32.2 Å². The van der Waals surface area contributed by atoms with Gasteiger partial charge >= 0.3 is 5.97 Å². The maximum absolute atomic E-state index is 12.8. The topological polar surface area (TPSA) is 131 Å². The number of carboxylic acid groups (broad SMARTS) is 1. The Morgan fingerprint density at radius 3 is 2.38 bits per heavy atom. The lowest BCUT2D eigenvalue weighted by Crippen LogP contribution is -2.42. The van der Waals surface area contributed by atoms with Crippen LogP contribution in [0, 0.1) is 6.92 Å². The number of primary amides is 1. The molecule has 9 heteroatoms. The zero-order valence-electron chi connectivity index (χ0n) is 16.1. The molecule has 2 amide bonds. The summed E-state index contributed by atoms with van der Waals surface area (Å²) in [6.07, 6.45) is -0.366. The molecule has 4 N–H and O–H groups in total. The van der Waals surface area contributed by atoms with Gasteiger partial charge in [-0.1, -0.05) is 11.6 Å². The number of rotatable bonds is 9. The highest BCUT2D eigenvalue weighted by atomic mass is 35.5. The number of aliphatic carboxylic acids is 1. The number of hydrogen-bond acceptors (Lipinski definition) is 4. The van der Waals surface area contributed by atoms with Gasteiger partial charge in [0.05, 0.1) is 12.1 Å². The van der Waals surface area contributed by atoms with Crippen LogP contribution in [0.3, 0.4) is 0 Å². The summed E-state index contributed by atoms with van der Waals surface area (Å²) in [6, 6.07) is 6.99. The van der Waals surface area contributed by atoms with Crippen LogP contribution < -0.4 is 11.1 Å². The lowest BCUT2D eigenvalue weighted by Gasteiger charge is -2.14. The van der Waals surface area contributed by atoms with Crippen LogP contribution in [-0.4, -0.2) is 39.3 Å². The molecule has 0 radical (unpaired) electrons. The summed E-state index contributed by atoms with van der Waals surface area (Å²) >= 11 is 5.86. The summed E-state index contributed by atoms with van der Waals surface area (Å²) in [5.41, 5.74) is 7.17. The fourth-order valence-electron chi connectivity index (χ4n) is 3.02. The van der Waals surface area contributed by atoms with Crippen molar-refractivity contribution >= 4 is 35.2 Å². The Balaban J connectivity index is 2.15. The third-order valence-corrected chi connectivity index (χ3v) is 4.75. The van der Waals surface area contributed by atoms with Crippen LogP contribution in [0.2, 0.25) is 5.02 Å². The molecule has 2 rings (SSSR count). The van der Waals surface area contributed by atoms with Gasteiger partial charge in [-0.3, -0.25) is 14.4 Å². The number of aromatic nitrogens is 1. The zero-order chi connectivity index (χ0) is 21.7. The largest absolute Gasteiger partial charge is 0.480 e. The Labute approximate surface area is 172 Å². The highest BCUT2D eigenvalue weighted by molar-refractivity contribution is 6.30. The Morgan fingerprint density at radius 2 is 1.83 bits per heavy atom. The molecule has 29 heavy (non-hydrogen) atoms. The number of carboxylic acids is 1. The van der Waals surface area contributed by atoms with Crippen LogP contribution in [0.15, 0.2) is 30.3 Å². The maximum Gasteiger partial charge on any atom is 0.326 e. The van der Waals surface area contributed by atoms with Gasteiger partial charge in [0.15, 0.2) is 0 Å². The highest BCUT2D eigenvalue weighted by Gasteiger charge is 2.23. The van der Waals surface area contributed by atoms with Crippen LogP contribution in [-0.2, 0) is 27.9 Å². The first kappa shape index (κ1) is 22.2. The number of nitrogens with two attached hydrogens (primary N) is 1. The highest BCUT2D eigenvalue weighted by Crippen LogP contribution is 2.20. The van der Waals surface area contributed by atoms with Gasteiger partial charge < -0.3 is 20.7 Å². The lowest BCUT2D eigenvalue weighted by atomic mass is 10.1. The third-order valence-electron chi connectivity index (χ3n) is 4.50. The molecule has 0 aliphatic heterocycles. The Kier molecular flexibility index (Phi) is 7.17. The van der Waals surface area contributed by atoms with E-state index in [2.05, 4.69) is 5.32 Å². The number of amides is 2. The van der Waals surface area contributed by atoms with Crippen LogP contribution in [0.1, 0.15) is 40.2 Å². The summed E-state index contributed by atoms with van der Waals surface area (Å²) in [7, 11) is 1.67. The summed E-state index contributed by atoms with van der Waals surface area (Å²) in [4.78, 5) is 47.3. The molecule has 1 atom stereocenters. The van der Waals surface area contributed by atoms with E-state index in [1.54, 1.807) is 48.9 Å². The SMILES string of the molecule is Cc1cc(CC(=O)NC(CCC(N)=O)C(=O)O)n(C)c1C(=O)c1ccc(Cl)cc1. The molecule has 0 bridgehead atoms. The minimum Gasteiger partial charge on any atom is -0.480 e.